The van der Waals surface area contributed by atoms with Gasteiger partial charge in [-0.2, -0.15) is 0 Å². The summed E-state index contributed by atoms with van der Waals surface area (Å²) < 4.78 is 2.23. The second-order valence-electron chi connectivity index (χ2n) is 5.99. The van der Waals surface area contributed by atoms with Crippen LogP contribution in [0.3, 0.4) is 0 Å². The predicted molar refractivity (Wildman–Crippen MR) is 87.6 cm³/mol. The minimum atomic E-state index is 0.285. The molecular formula is C16H25N3S. The molecule has 0 aliphatic heterocycles. The van der Waals surface area contributed by atoms with E-state index in [1.165, 1.54) is 15.3 Å². The van der Waals surface area contributed by atoms with Crippen LogP contribution >= 0.6 is 11.3 Å². The van der Waals surface area contributed by atoms with Crippen LogP contribution in [0.5, 0.6) is 0 Å². The summed E-state index contributed by atoms with van der Waals surface area (Å²) in [5.41, 5.74) is 2.45. The van der Waals surface area contributed by atoms with Crippen LogP contribution in [0.1, 0.15) is 47.8 Å². The molecule has 0 saturated carbocycles. The topological polar surface area (TPSA) is 29.9 Å². The molecular weight excluding hydrogens is 266 g/mol. The standard InChI is InChI=1S/C16H25N3S/c1-10(2)8-19-9-11(3)17-16(19)18-13(5)15-7-12(4)20-14(15)6/h7,9-10,13H,8H2,1-6H3,(H,17,18). The first kappa shape index (κ1) is 15.1. The summed E-state index contributed by atoms with van der Waals surface area (Å²) in [5, 5.41) is 3.57. The van der Waals surface area contributed by atoms with Crippen molar-refractivity contribution in [2.24, 2.45) is 5.92 Å². The molecule has 2 aromatic heterocycles. The van der Waals surface area contributed by atoms with Crippen molar-refractivity contribution in [1.29, 1.82) is 0 Å². The summed E-state index contributed by atoms with van der Waals surface area (Å²) in [6, 6.07) is 2.56. The Morgan fingerprint density at radius 3 is 2.50 bits per heavy atom. The van der Waals surface area contributed by atoms with E-state index in [0.717, 1.165) is 18.2 Å². The Hall–Kier alpha value is -1.29. The van der Waals surface area contributed by atoms with E-state index in [-0.39, 0.29) is 6.04 Å². The third kappa shape index (κ3) is 3.42. The fourth-order valence-corrected chi connectivity index (χ4v) is 3.57. The Morgan fingerprint density at radius 2 is 1.95 bits per heavy atom. The molecule has 2 rings (SSSR count). The zero-order chi connectivity index (χ0) is 14.9. The van der Waals surface area contributed by atoms with Gasteiger partial charge in [-0.15, -0.1) is 11.3 Å². The highest BCUT2D eigenvalue weighted by Gasteiger charge is 2.14. The molecule has 0 fully saturated rings. The lowest BCUT2D eigenvalue weighted by atomic mass is 10.1. The maximum Gasteiger partial charge on any atom is 0.203 e. The van der Waals surface area contributed by atoms with E-state index < -0.39 is 0 Å². The van der Waals surface area contributed by atoms with Gasteiger partial charge in [-0.05, 0) is 45.2 Å². The molecule has 0 aromatic carbocycles. The smallest absolute Gasteiger partial charge is 0.203 e. The Labute approximate surface area is 126 Å². The van der Waals surface area contributed by atoms with Crippen molar-refractivity contribution < 1.29 is 0 Å². The van der Waals surface area contributed by atoms with Crippen molar-refractivity contribution in [2.75, 3.05) is 5.32 Å². The van der Waals surface area contributed by atoms with Crippen LogP contribution in [0.4, 0.5) is 5.95 Å². The summed E-state index contributed by atoms with van der Waals surface area (Å²) in [6.45, 7) is 14.1. The van der Waals surface area contributed by atoms with Gasteiger partial charge in [0.25, 0.3) is 0 Å². The Balaban J connectivity index is 2.19. The first-order chi connectivity index (χ1) is 9.36. The van der Waals surface area contributed by atoms with Gasteiger partial charge in [0.2, 0.25) is 5.95 Å². The number of nitrogens with one attached hydrogen (secondary N) is 1. The Kier molecular flexibility index (Phi) is 4.53. The Morgan fingerprint density at radius 1 is 1.25 bits per heavy atom. The Bertz CT molecular complexity index is 581. The van der Waals surface area contributed by atoms with Gasteiger partial charge >= 0.3 is 0 Å². The van der Waals surface area contributed by atoms with Crippen LogP contribution in [0.2, 0.25) is 0 Å². The van der Waals surface area contributed by atoms with Gasteiger partial charge in [-0.25, -0.2) is 4.98 Å². The summed E-state index contributed by atoms with van der Waals surface area (Å²) in [6.07, 6.45) is 2.13. The van der Waals surface area contributed by atoms with E-state index in [0.29, 0.717) is 5.92 Å². The SMILES string of the molecule is Cc1cn(CC(C)C)c(NC(C)c2cc(C)sc2C)n1. The molecule has 4 heteroatoms. The highest BCUT2D eigenvalue weighted by atomic mass is 32.1. The minimum absolute atomic E-state index is 0.285. The van der Waals surface area contributed by atoms with Crippen LogP contribution < -0.4 is 5.32 Å². The lowest BCUT2D eigenvalue weighted by Crippen LogP contribution is -2.13. The largest absolute Gasteiger partial charge is 0.349 e. The summed E-state index contributed by atoms with van der Waals surface area (Å²) in [5.74, 6) is 1.59. The molecule has 2 aromatic rings. The second-order valence-corrected chi connectivity index (χ2v) is 7.45. The van der Waals surface area contributed by atoms with Gasteiger partial charge < -0.3 is 9.88 Å². The highest BCUT2D eigenvalue weighted by molar-refractivity contribution is 7.12. The summed E-state index contributed by atoms with van der Waals surface area (Å²) >= 11 is 1.86. The second kappa shape index (κ2) is 6.00. The van der Waals surface area contributed by atoms with E-state index in [1.807, 2.05) is 18.3 Å². The fraction of sp³-hybridized carbons (Fsp3) is 0.562. The molecule has 20 heavy (non-hydrogen) atoms. The minimum Gasteiger partial charge on any atom is -0.349 e. The number of nitrogens with zero attached hydrogens (tertiary/aromatic N) is 2. The third-order valence-corrected chi connectivity index (χ3v) is 4.33. The first-order valence-corrected chi connectivity index (χ1v) is 8.05. The zero-order valence-corrected chi connectivity index (χ0v) is 14.1. The number of thiophene rings is 1. The van der Waals surface area contributed by atoms with E-state index in [9.17, 15) is 0 Å². The van der Waals surface area contributed by atoms with Gasteiger partial charge in [0.1, 0.15) is 0 Å². The molecule has 0 saturated heterocycles. The van der Waals surface area contributed by atoms with Crippen LogP contribution in [0.15, 0.2) is 12.3 Å². The molecule has 0 aliphatic carbocycles. The van der Waals surface area contributed by atoms with Gasteiger partial charge in [0.15, 0.2) is 0 Å². The van der Waals surface area contributed by atoms with Crippen LogP contribution in [0, 0.1) is 26.7 Å². The quantitative estimate of drug-likeness (QED) is 0.865. The number of anilines is 1. The number of aromatic nitrogens is 2. The summed E-state index contributed by atoms with van der Waals surface area (Å²) in [7, 11) is 0. The predicted octanol–water partition coefficient (Wildman–Crippen LogP) is 4.70. The fourth-order valence-electron chi connectivity index (χ4n) is 2.55. The van der Waals surface area contributed by atoms with E-state index in [2.05, 4.69) is 61.7 Å². The molecule has 0 amide bonds. The summed E-state index contributed by atoms with van der Waals surface area (Å²) in [4.78, 5) is 7.38. The average Bonchev–Trinajstić information content (AvgIpc) is 2.81. The van der Waals surface area contributed by atoms with Crippen molar-refractivity contribution >= 4 is 17.3 Å². The monoisotopic (exact) mass is 291 g/mol. The maximum absolute atomic E-state index is 4.62. The van der Waals surface area contributed by atoms with Gasteiger partial charge in [0.05, 0.1) is 11.7 Å². The molecule has 0 bridgehead atoms. The normalized spacial score (nSPS) is 12.9. The van der Waals surface area contributed by atoms with Gasteiger partial charge in [0, 0.05) is 22.5 Å². The molecule has 0 aliphatic rings. The van der Waals surface area contributed by atoms with Crippen molar-refractivity contribution in [3.05, 3.63) is 33.3 Å². The van der Waals surface area contributed by atoms with E-state index in [1.54, 1.807) is 0 Å². The molecule has 2 heterocycles. The van der Waals surface area contributed by atoms with Crippen molar-refractivity contribution in [2.45, 2.75) is 54.1 Å². The van der Waals surface area contributed by atoms with Gasteiger partial charge in [-0.3, -0.25) is 0 Å². The van der Waals surface area contributed by atoms with Crippen molar-refractivity contribution in [3.63, 3.8) is 0 Å². The molecule has 1 atom stereocenters. The van der Waals surface area contributed by atoms with E-state index >= 15 is 0 Å². The van der Waals surface area contributed by atoms with Gasteiger partial charge in [-0.1, -0.05) is 13.8 Å². The van der Waals surface area contributed by atoms with Crippen LogP contribution in [-0.4, -0.2) is 9.55 Å². The molecule has 1 N–H and O–H groups in total. The molecule has 0 radical (unpaired) electrons. The maximum atomic E-state index is 4.62. The lowest BCUT2D eigenvalue weighted by Gasteiger charge is -2.17. The van der Waals surface area contributed by atoms with Crippen LogP contribution in [-0.2, 0) is 6.54 Å². The number of aryl methyl sites for hydroxylation is 3. The molecule has 0 spiro atoms. The zero-order valence-electron chi connectivity index (χ0n) is 13.3. The number of rotatable bonds is 5. The molecule has 1 unspecified atom stereocenters. The average molecular weight is 291 g/mol. The first-order valence-electron chi connectivity index (χ1n) is 7.24. The number of imidazole rings is 1. The lowest BCUT2D eigenvalue weighted by molar-refractivity contribution is 0.524. The highest BCUT2D eigenvalue weighted by Crippen LogP contribution is 2.28. The number of hydrogen-bond donors (Lipinski definition) is 1. The van der Waals surface area contributed by atoms with Crippen LogP contribution in [0.25, 0.3) is 0 Å². The molecule has 3 nitrogen and oxygen atoms in total. The van der Waals surface area contributed by atoms with Crippen molar-refractivity contribution in [1.82, 2.24) is 9.55 Å². The van der Waals surface area contributed by atoms with E-state index in [4.69, 9.17) is 0 Å². The number of hydrogen-bond acceptors (Lipinski definition) is 3. The van der Waals surface area contributed by atoms with Crippen molar-refractivity contribution in [3.8, 4) is 0 Å². The molecule has 110 valence electrons. The third-order valence-electron chi connectivity index (χ3n) is 3.35.